The van der Waals surface area contributed by atoms with Crippen LogP contribution < -0.4 is 10.6 Å². The predicted octanol–water partition coefficient (Wildman–Crippen LogP) is 1.90. The summed E-state index contributed by atoms with van der Waals surface area (Å²) in [6, 6.07) is 5.02. The summed E-state index contributed by atoms with van der Waals surface area (Å²) < 4.78 is 0. The lowest BCUT2D eigenvalue weighted by Crippen LogP contribution is -2.29. The molecule has 0 saturated carbocycles. The van der Waals surface area contributed by atoms with E-state index < -0.39 is 0 Å². The minimum absolute atomic E-state index is 0.102. The van der Waals surface area contributed by atoms with Gasteiger partial charge in [0.1, 0.15) is 0 Å². The molecule has 0 atom stereocenters. The molecular weight excluding hydrogens is 263 g/mol. The maximum Gasteiger partial charge on any atom is 0.238 e. The highest BCUT2D eigenvalue weighted by Gasteiger charge is 2.08. The summed E-state index contributed by atoms with van der Waals surface area (Å²) in [5, 5.41) is 14.9. The van der Waals surface area contributed by atoms with Crippen molar-refractivity contribution in [1.82, 2.24) is 5.32 Å². The number of amides is 1. The standard InChI is InChI=1S/C11H14Cl2N2O2/c12-8-3-1-4-9(13)11(8)15-10(17)7-14-5-2-6-16/h1,3-4,14,16H,2,5-7H2,(H,15,17). The van der Waals surface area contributed by atoms with Crippen LogP contribution in [0.25, 0.3) is 0 Å². The van der Waals surface area contributed by atoms with Crippen LogP contribution in [0.15, 0.2) is 18.2 Å². The zero-order chi connectivity index (χ0) is 12.7. The third-order valence-electron chi connectivity index (χ3n) is 2.02. The summed E-state index contributed by atoms with van der Waals surface area (Å²) >= 11 is 11.8. The lowest BCUT2D eigenvalue weighted by atomic mass is 10.3. The molecule has 0 radical (unpaired) electrons. The first-order valence-corrected chi connectivity index (χ1v) is 5.96. The fraction of sp³-hybridized carbons (Fsp3) is 0.364. The van der Waals surface area contributed by atoms with Crippen molar-refractivity contribution < 1.29 is 9.90 Å². The number of hydrogen-bond donors (Lipinski definition) is 3. The molecule has 0 unspecified atom stereocenters. The highest BCUT2D eigenvalue weighted by molar-refractivity contribution is 6.39. The molecule has 1 aromatic carbocycles. The normalized spacial score (nSPS) is 10.3. The van der Waals surface area contributed by atoms with Crippen LogP contribution in [0.4, 0.5) is 5.69 Å². The van der Waals surface area contributed by atoms with E-state index in [4.69, 9.17) is 28.3 Å². The summed E-state index contributed by atoms with van der Waals surface area (Å²) in [4.78, 5) is 11.5. The van der Waals surface area contributed by atoms with Gasteiger partial charge in [-0.3, -0.25) is 4.79 Å². The number of aliphatic hydroxyl groups is 1. The van der Waals surface area contributed by atoms with Crippen LogP contribution >= 0.6 is 23.2 Å². The highest BCUT2D eigenvalue weighted by atomic mass is 35.5. The molecule has 0 aromatic heterocycles. The SMILES string of the molecule is O=C(CNCCCO)Nc1c(Cl)cccc1Cl. The Morgan fingerprint density at radius 3 is 2.53 bits per heavy atom. The molecule has 0 spiro atoms. The number of nitrogens with one attached hydrogen (secondary N) is 2. The van der Waals surface area contributed by atoms with Crippen LogP contribution in [0.3, 0.4) is 0 Å². The zero-order valence-electron chi connectivity index (χ0n) is 9.17. The van der Waals surface area contributed by atoms with Gasteiger partial charge in [-0.2, -0.15) is 0 Å². The molecule has 1 amide bonds. The van der Waals surface area contributed by atoms with E-state index >= 15 is 0 Å². The molecule has 1 aromatic rings. The van der Waals surface area contributed by atoms with Crippen LogP contribution in [0.1, 0.15) is 6.42 Å². The van der Waals surface area contributed by atoms with Crippen molar-refractivity contribution in [2.75, 3.05) is 25.0 Å². The number of halogens is 2. The molecule has 6 heteroatoms. The first-order valence-electron chi connectivity index (χ1n) is 5.20. The van der Waals surface area contributed by atoms with Crippen molar-refractivity contribution in [1.29, 1.82) is 0 Å². The third kappa shape index (κ3) is 4.91. The Morgan fingerprint density at radius 1 is 1.29 bits per heavy atom. The van der Waals surface area contributed by atoms with Gasteiger partial charge in [-0.25, -0.2) is 0 Å². The maximum atomic E-state index is 11.5. The van der Waals surface area contributed by atoms with Crippen LogP contribution in [0, 0.1) is 0 Å². The quantitative estimate of drug-likeness (QED) is 0.696. The fourth-order valence-corrected chi connectivity index (χ4v) is 1.70. The summed E-state index contributed by atoms with van der Waals surface area (Å²) in [6.45, 7) is 0.840. The van der Waals surface area contributed by atoms with E-state index in [9.17, 15) is 4.79 Å². The van der Waals surface area contributed by atoms with E-state index in [0.29, 0.717) is 28.7 Å². The number of carbonyl (C=O) groups is 1. The zero-order valence-corrected chi connectivity index (χ0v) is 10.7. The Kier molecular flexibility index (Phi) is 6.29. The minimum Gasteiger partial charge on any atom is -0.396 e. The first kappa shape index (κ1) is 14.3. The number of para-hydroxylation sites is 1. The largest absolute Gasteiger partial charge is 0.396 e. The Morgan fingerprint density at radius 2 is 1.94 bits per heavy atom. The van der Waals surface area contributed by atoms with Crippen molar-refractivity contribution in [2.45, 2.75) is 6.42 Å². The summed E-state index contributed by atoms with van der Waals surface area (Å²) in [5.74, 6) is -0.224. The Bertz CT molecular complexity index is 365. The monoisotopic (exact) mass is 276 g/mol. The molecule has 0 fully saturated rings. The van der Waals surface area contributed by atoms with E-state index in [1.54, 1.807) is 18.2 Å². The second-order valence-corrected chi connectivity index (χ2v) is 4.21. The number of anilines is 1. The molecule has 17 heavy (non-hydrogen) atoms. The second-order valence-electron chi connectivity index (χ2n) is 3.40. The molecular formula is C11H14Cl2N2O2. The second kappa shape index (κ2) is 7.50. The average Bonchev–Trinajstić information content (AvgIpc) is 2.30. The van der Waals surface area contributed by atoms with Gasteiger partial charge in [0, 0.05) is 6.61 Å². The van der Waals surface area contributed by atoms with Gasteiger partial charge in [-0.1, -0.05) is 29.3 Å². The van der Waals surface area contributed by atoms with Gasteiger partial charge < -0.3 is 15.7 Å². The molecule has 3 N–H and O–H groups in total. The van der Waals surface area contributed by atoms with Crippen molar-refractivity contribution in [3.8, 4) is 0 Å². The average molecular weight is 277 g/mol. The number of aliphatic hydroxyl groups excluding tert-OH is 1. The van der Waals surface area contributed by atoms with E-state index in [-0.39, 0.29) is 19.1 Å². The number of hydrogen-bond acceptors (Lipinski definition) is 3. The Labute approximate surface area is 110 Å². The van der Waals surface area contributed by atoms with Gasteiger partial charge in [0.05, 0.1) is 22.3 Å². The molecule has 1 rings (SSSR count). The number of rotatable bonds is 6. The summed E-state index contributed by atoms with van der Waals surface area (Å²) in [6.07, 6.45) is 0.611. The Hall–Kier alpha value is -0.810. The lowest BCUT2D eigenvalue weighted by molar-refractivity contribution is -0.115. The van der Waals surface area contributed by atoms with Crippen LogP contribution in [0.5, 0.6) is 0 Å². The van der Waals surface area contributed by atoms with Crippen molar-refractivity contribution in [3.05, 3.63) is 28.2 Å². The highest BCUT2D eigenvalue weighted by Crippen LogP contribution is 2.29. The van der Waals surface area contributed by atoms with Crippen LogP contribution in [-0.4, -0.2) is 30.7 Å². The van der Waals surface area contributed by atoms with Gasteiger partial charge in [-0.05, 0) is 25.1 Å². The first-order chi connectivity index (χ1) is 8.15. The van der Waals surface area contributed by atoms with Gasteiger partial charge in [0.15, 0.2) is 0 Å². The molecule has 0 aliphatic rings. The number of benzene rings is 1. The Balaban J connectivity index is 2.45. The summed E-state index contributed by atoms with van der Waals surface area (Å²) in [5.41, 5.74) is 0.421. The molecule has 4 nitrogen and oxygen atoms in total. The fourth-order valence-electron chi connectivity index (χ4n) is 1.21. The predicted molar refractivity (Wildman–Crippen MR) is 69.7 cm³/mol. The smallest absolute Gasteiger partial charge is 0.238 e. The van der Waals surface area contributed by atoms with Crippen molar-refractivity contribution >= 4 is 34.8 Å². The van der Waals surface area contributed by atoms with E-state index in [2.05, 4.69) is 10.6 Å². The molecule has 94 valence electrons. The molecule has 0 aliphatic carbocycles. The van der Waals surface area contributed by atoms with Gasteiger partial charge >= 0.3 is 0 Å². The number of carbonyl (C=O) groups excluding carboxylic acids is 1. The van der Waals surface area contributed by atoms with Crippen molar-refractivity contribution in [3.63, 3.8) is 0 Å². The lowest BCUT2D eigenvalue weighted by Gasteiger charge is -2.09. The van der Waals surface area contributed by atoms with Crippen molar-refractivity contribution in [2.24, 2.45) is 0 Å². The van der Waals surface area contributed by atoms with E-state index in [1.165, 1.54) is 0 Å². The third-order valence-corrected chi connectivity index (χ3v) is 2.65. The van der Waals surface area contributed by atoms with Crippen LogP contribution in [0.2, 0.25) is 10.0 Å². The molecule has 0 heterocycles. The molecule has 0 bridgehead atoms. The van der Waals surface area contributed by atoms with E-state index in [1.807, 2.05) is 0 Å². The van der Waals surface area contributed by atoms with Gasteiger partial charge in [0.2, 0.25) is 5.91 Å². The maximum absolute atomic E-state index is 11.5. The van der Waals surface area contributed by atoms with E-state index in [0.717, 1.165) is 0 Å². The van der Waals surface area contributed by atoms with Crippen LogP contribution in [-0.2, 0) is 4.79 Å². The topological polar surface area (TPSA) is 61.4 Å². The van der Waals surface area contributed by atoms with Gasteiger partial charge in [0.25, 0.3) is 0 Å². The summed E-state index contributed by atoms with van der Waals surface area (Å²) in [7, 11) is 0. The minimum atomic E-state index is -0.224. The molecule has 0 saturated heterocycles. The van der Waals surface area contributed by atoms with Gasteiger partial charge in [-0.15, -0.1) is 0 Å². The molecule has 0 aliphatic heterocycles.